The van der Waals surface area contributed by atoms with E-state index in [1.165, 1.54) is 16.7 Å². The Hall–Kier alpha value is -1.02. The highest BCUT2D eigenvalue weighted by Gasteiger charge is 2.30. The van der Waals surface area contributed by atoms with Crippen LogP contribution in [0.4, 0.5) is 0 Å². The first-order chi connectivity index (χ1) is 8.12. The quantitative estimate of drug-likeness (QED) is 0.885. The van der Waals surface area contributed by atoms with Crippen LogP contribution in [0.25, 0.3) is 0 Å². The summed E-state index contributed by atoms with van der Waals surface area (Å²) in [5.74, 6) is 0.963. The molecule has 0 fully saturated rings. The number of hydrogen-bond donors (Lipinski definition) is 1. The van der Waals surface area contributed by atoms with Crippen LogP contribution in [0.15, 0.2) is 12.1 Å². The van der Waals surface area contributed by atoms with Crippen LogP contribution in [0.2, 0.25) is 0 Å². The van der Waals surface area contributed by atoms with E-state index in [2.05, 4.69) is 53.7 Å². The third kappa shape index (κ3) is 3.49. The SMILES string of the molecule is Cc1cc(C)c(C)c(OC(C(C)N)C(C)(C)C)c1. The maximum atomic E-state index is 6.21. The number of hydrogen-bond acceptors (Lipinski definition) is 2. The molecule has 0 aliphatic heterocycles. The average molecular weight is 249 g/mol. The van der Waals surface area contributed by atoms with Gasteiger partial charge in [0.15, 0.2) is 0 Å². The lowest BCUT2D eigenvalue weighted by atomic mass is 9.85. The van der Waals surface area contributed by atoms with Crippen LogP contribution in [0, 0.1) is 26.2 Å². The van der Waals surface area contributed by atoms with Gasteiger partial charge in [0.05, 0.1) is 0 Å². The monoisotopic (exact) mass is 249 g/mol. The van der Waals surface area contributed by atoms with Crippen molar-refractivity contribution in [1.82, 2.24) is 0 Å². The molecule has 2 unspecified atom stereocenters. The number of ether oxygens (including phenoxy) is 1. The largest absolute Gasteiger partial charge is 0.488 e. The summed E-state index contributed by atoms with van der Waals surface area (Å²) in [5.41, 5.74) is 9.80. The van der Waals surface area contributed by atoms with Crippen molar-refractivity contribution in [3.8, 4) is 5.75 Å². The summed E-state index contributed by atoms with van der Waals surface area (Å²) in [7, 11) is 0. The van der Waals surface area contributed by atoms with Gasteiger partial charge >= 0.3 is 0 Å². The van der Waals surface area contributed by atoms with Crippen molar-refractivity contribution in [3.63, 3.8) is 0 Å². The van der Waals surface area contributed by atoms with E-state index < -0.39 is 0 Å². The van der Waals surface area contributed by atoms with Gasteiger partial charge in [-0.1, -0.05) is 26.8 Å². The summed E-state index contributed by atoms with van der Waals surface area (Å²) >= 11 is 0. The molecular formula is C16H27NO. The van der Waals surface area contributed by atoms with Gasteiger partial charge in [0.25, 0.3) is 0 Å². The van der Waals surface area contributed by atoms with Crippen molar-refractivity contribution in [1.29, 1.82) is 0 Å². The van der Waals surface area contributed by atoms with E-state index in [4.69, 9.17) is 10.5 Å². The van der Waals surface area contributed by atoms with Gasteiger partial charge in [-0.15, -0.1) is 0 Å². The second-order valence-corrected chi connectivity index (χ2v) is 6.47. The lowest BCUT2D eigenvalue weighted by molar-refractivity contribution is 0.0677. The summed E-state index contributed by atoms with van der Waals surface area (Å²) in [5, 5.41) is 0. The average Bonchev–Trinajstić information content (AvgIpc) is 2.18. The molecule has 1 aromatic rings. The lowest BCUT2D eigenvalue weighted by Crippen LogP contribution is -2.45. The van der Waals surface area contributed by atoms with Crippen LogP contribution >= 0.6 is 0 Å². The fourth-order valence-corrected chi connectivity index (χ4v) is 2.33. The van der Waals surface area contributed by atoms with Crippen LogP contribution in [-0.2, 0) is 0 Å². The first kappa shape index (κ1) is 15.0. The summed E-state index contributed by atoms with van der Waals surface area (Å²) in [6.45, 7) is 14.8. The predicted molar refractivity (Wildman–Crippen MR) is 78.2 cm³/mol. The second kappa shape index (κ2) is 5.31. The number of aryl methyl sites for hydroxylation is 2. The molecule has 0 saturated heterocycles. The third-order valence-corrected chi connectivity index (χ3v) is 3.35. The summed E-state index contributed by atoms with van der Waals surface area (Å²) in [4.78, 5) is 0. The van der Waals surface area contributed by atoms with Crippen molar-refractivity contribution in [2.75, 3.05) is 0 Å². The molecule has 2 heteroatoms. The molecule has 18 heavy (non-hydrogen) atoms. The van der Waals surface area contributed by atoms with Gasteiger partial charge in [-0.2, -0.15) is 0 Å². The smallest absolute Gasteiger partial charge is 0.123 e. The molecule has 1 aromatic carbocycles. The fraction of sp³-hybridized carbons (Fsp3) is 0.625. The first-order valence-corrected chi connectivity index (χ1v) is 6.63. The van der Waals surface area contributed by atoms with Crippen LogP contribution in [0.3, 0.4) is 0 Å². The Morgan fingerprint density at radius 1 is 1.11 bits per heavy atom. The van der Waals surface area contributed by atoms with Crippen LogP contribution in [-0.4, -0.2) is 12.1 Å². The summed E-state index contributed by atoms with van der Waals surface area (Å²) in [6.07, 6.45) is 0.0115. The minimum Gasteiger partial charge on any atom is -0.488 e. The first-order valence-electron chi connectivity index (χ1n) is 6.63. The standard InChI is InChI=1S/C16H27NO/c1-10-8-11(2)12(3)14(9-10)18-15(13(4)17)16(5,6)7/h8-9,13,15H,17H2,1-7H3. The van der Waals surface area contributed by atoms with Crippen molar-refractivity contribution >= 4 is 0 Å². The fourth-order valence-electron chi connectivity index (χ4n) is 2.33. The van der Waals surface area contributed by atoms with E-state index >= 15 is 0 Å². The van der Waals surface area contributed by atoms with Crippen molar-refractivity contribution in [3.05, 3.63) is 28.8 Å². The Bertz CT molecular complexity index is 416. The molecule has 0 aliphatic carbocycles. The molecule has 0 aliphatic rings. The molecule has 2 nitrogen and oxygen atoms in total. The van der Waals surface area contributed by atoms with E-state index in [1.54, 1.807) is 0 Å². The Morgan fingerprint density at radius 2 is 1.67 bits per heavy atom. The third-order valence-electron chi connectivity index (χ3n) is 3.35. The highest BCUT2D eigenvalue weighted by molar-refractivity contribution is 5.42. The molecular weight excluding hydrogens is 222 g/mol. The molecule has 0 heterocycles. The molecule has 102 valence electrons. The summed E-state index contributed by atoms with van der Waals surface area (Å²) in [6, 6.07) is 4.29. The van der Waals surface area contributed by atoms with Crippen LogP contribution < -0.4 is 10.5 Å². The normalized spacial score (nSPS) is 15.3. The Morgan fingerprint density at radius 3 is 2.11 bits per heavy atom. The zero-order chi connectivity index (χ0) is 14.1. The predicted octanol–water partition coefficient (Wildman–Crippen LogP) is 3.75. The lowest BCUT2D eigenvalue weighted by Gasteiger charge is -2.34. The zero-order valence-corrected chi connectivity index (χ0v) is 12.8. The molecule has 2 N–H and O–H groups in total. The number of benzene rings is 1. The van der Waals surface area contributed by atoms with Gasteiger partial charge in [-0.25, -0.2) is 0 Å². The van der Waals surface area contributed by atoms with Gasteiger partial charge in [0.1, 0.15) is 11.9 Å². The second-order valence-electron chi connectivity index (χ2n) is 6.47. The molecule has 0 bridgehead atoms. The van der Waals surface area contributed by atoms with E-state index in [0.29, 0.717) is 0 Å². The minimum absolute atomic E-state index is 0.00483. The van der Waals surface area contributed by atoms with Crippen molar-refractivity contribution in [2.45, 2.75) is 60.6 Å². The van der Waals surface area contributed by atoms with Crippen molar-refractivity contribution in [2.24, 2.45) is 11.1 Å². The van der Waals surface area contributed by atoms with E-state index in [9.17, 15) is 0 Å². The molecule has 0 spiro atoms. The maximum Gasteiger partial charge on any atom is 0.123 e. The highest BCUT2D eigenvalue weighted by Crippen LogP contribution is 2.30. The molecule has 2 atom stereocenters. The van der Waals surface area contributed by atoms with Crippen LogP contribution in [0.1, 0.15) is 44.4 Å². The molecule has 0 amide bonds. The van der Waals surface area contributed by atoms with Crippen molar-refractivity contribution < 1.29 is 4.74 Å². The molecule has 0 aromatic heterocycles. The highest BCUT2D eigenvalue weighted by atomic mass is 16.5. The van der Waals surface area contributed by atoms with Crippen LogP contribution in [0.5, 0.6) is 5.75 Å². The molecule has 0 saturated carbocycles. The Kier molecular flexibility index (Phi) is 4.44. The van der Waals surface area contributed by atoms with E-state index in [0.717, 1.165) is 5.75 Å². The molecule has 1 rings (SSSR count). The van der Waals surface area contributed by atoms with E-state index in [1.807, 2.05) is 6.92 Å². The maximum absolute atomic E-state index is 6.21. The number of nitrogens with two attached hydrogens (primary N) is 1. The minimum atomic E-state index is 0.00483. The van der Waals surface area contributed by atoms with Gasteiger partial charge in [0.2, 0.25) is 0 Å². The topological polar surface area (TPSA) is 35.2 Å². The Balaban J connectivity index is 3.09. The zero-order valence-electron chi connectivity index (χ0n) is 12.8. The van der Waals surface area contributed by atoms with Gasteiger partial charge < -0.3 is 10.5 Å². The Labute approximate surface area is 112 Å². The van der Waals surface area contributed by atoms with Gasteiger partial charge in [-0.3, -0.25) is 0 Å². The van der Waals surface area contributed by atoms with E-state index in [-0.39, 0.29) is 17.6 Å². The van der Waals surface area contributed by atoms with Gasteiger partial charge in [0, 0.05) is 11.5 Å². The van der Waals surface area contributed by atoms with Gasteiger partial charge in [-0.05, 0) is 50.5 Å². The summed E-state index contributed by atoms with van der Waals surface area (Å²) < 4.78 is 6.21. The molecule has 0 radical (unpaired) electrons. The number of rotatable bonds is 3.